The summed E-state index contributed by atoms with van der Waals surface area (Å²) in [5.74, 6) is 12.8. The Labute approximate surface area is 116 Å². The Hall–Kier alpha value is -0.740. The molecule has 0 radical (unpaired) electrons. The molecule has 0 amide bonds. The largest absolute Gasteiger partial charge is 0.378 e. The SMILES string of the molecule is CC(C)(O)C#CC[C@@H]1C[C@H]2C[C@H]1[C@H]1[C@@H]2[C@H]2C=C[C@H]1C2. The van der Waals surface area contributed by atoms with Crippen molar-refractivity contribution in [3.05, 3.63) is 12.2 Å². The molecule has 0 aromatic carbocycles. The Morgan fingerprint density at radius 2 is 1.84 bits per heavy atom. The van der Waals surface area contributed by atoms with E-state index in [1.54, 1.807) is 13.8 Å². The first-order valence-corrected chi connectivity index (χ1v) is 7.93. The van der Waals surface area contributed by atoms with Gasteiger partial charge in [-0.3, -0.25) is 0 Å². The zero-order valence-electron chi connectivity index (χ0n) is 12.0. The number of rotatable bonds is 1. The van der Waals surface area contributed by atoms with Crippen molar-refractivity contribution in [2.24, 2.45) is 41.4 Å². The topological polar surface area (TPSA) is 20.2 Å². The molecule has 7 atom stereocenters. The van der Waals surface area contributed by atoms with Gasteiger partial charge in [0.05, 0.1) is 0 Å². The van der Waals surface area contributed by atoms with Gasteiger partial charge in [0.25, 0.3) is 0 Å². The van der Waals surface area contributed by atoms with Crippen molar-refractivity contribution in [2.75, 3.05) is 0 Å². The summed E-state index contributed by atoms with van der Waals surface area (Å²) in [6.07, 6.45) is 10.4. The van der Waals surface area contributed by atoms with Crippen molar-refractivity contribution >= 4 is 0 Å². The van der Waals surface area contributed by atoms with Crippen LogP contribution in [0.15, 0.2) is 12.2 Å². The lowest BCUT2D eigenvalue weighted by molar-refractivity contribution is 0.142. The van der Waals surface area contributed by atoms with Gasteiger partial charge in [0.2, 0.25) is 0 Å². The van der Waals surface area contributed by atoms with Crippen LogP contribution in [0.5, 0.6) is 0 Å². The van der Waals surface area contributed by atoms with Crippen LogP contribution in [0.1, 0.15) is 39.5 Å². The van der Waals surface area contributed by atoms with Crippen LogP contribution < -0.4 is 0 Å². The van der Waals surface area contributed by atoms with Gasteiger partial charge in [-0.25, -0.2) is 0 Å². The van der Waals surface area contributed by atoms with Crippen LogP contribution in [0.25, 0.3) is 0 Å². The second-order valence-corrected chi connectivity index (χ2v) is 7.82. The van der Waals surface area contributed by atoms with Gasteiger partial charge >= 0.3 is 0 Å². The first-order chi connectivity index (χ1) is 9.03. The summed E-state index contributed by atoms with van der Waals surface area (Å²) in [5.41, 5.74) is -0.824. The van der Waals surface area contributed by atoms with E-state index < -0.39 is 5.60 Å². The van der Waals surface area contributed by atoms with Crippen LogP contribution in [0.3, 0.4) is 0 Å². The molecule has 4 aliphatic rings. The number of hydrogen-bond acceptors (Lipinski definition) is 1. The zero-order chi connectivity index (χ0) is 13.2. The molecule has 1 heteroatoms. The van der Waals surface area contributed by atoms with Crippen LogP contribution in [-0.2, 0) is 0 Å². The average Bonchev–Trinajstić information content (AvgIpc) is 3.05. The molecule has 0 heterocycles. The van der Waals surface area contributed by atoms with Gasteiger partial charge in [-0.1, -0.05) is 24.0 Å². The minimum absolute atomic E-state index is 0.814. The summed E-state index contributed by atoms with van der Waals surface area (Å²) in [4.78, 5) is 0. The molecule has 3 saturated carbocycles. The van der Waals surface area contributed by atoms with E-state index in [0.29, 0.717) is 0 Å². The second-order valence-electron chi connectivity index (χ2n) is 7.82. The third-order valence-corrected chi connectivity index (χ3v) is 6.17. The Kier molecular flexibility index (Phi) is 2.46. The summed E-state index contributed by atoms with van der Waals surface area (Å²) < 4.78 is 0. The predicted octanol–water partition coefficient (Wildman–Crippen LogP) is 3.25. The second kappa shape index (κ2) is 3.89. The number of allylic oxidation sites excluding steroid dienone is 2. The summed E-state index contributed by atoms with van der Waals surface area (Å²) in [7, 11) is 0. The standard InChI is InChI=1S/C18H24O/c1-18(2,19)7-3-4-11-8-14-10-15(11)17-13-6-5-12(9-13)16(14)17/h5-6,11-17,19H,4,8-10H2,1-2H3/t11-,12+,13+,14+,15-,16-,17+/m1/s1. The van der Waals surface area contributed by atoms with E-state index in [0.717, 1.165) is 47.8 Å². The monoisotopic (exact) mass is 256 g/mol. The molecule has 102 valence electrons. The Balaban J connectivity index is 1.48. The van der Waals surface area contributed by atoms with Crippen LogP contribution in [-0.4, -0.2) is 10.7 Å². The fourth-order valence-corrected chi connectivity index (χ4v) is 5.79. The number of hydrogen-bond donors (Lipinski definition) is 1. The predicted molar refractivity (Wildman–Crippen MR) is 76.1 cm³/mol. The van der Waals surface area contributed by atoms with Crippen LogP contribution in [0.2, 0.25) is 0 Å². The lowest BCUT2D eigenvalue weighted by Gasteiger charge is -2.36. The minimum atomic E-state index is -0.824. The lowest BCUT2D eigenvalue weighted by atomic mass is 9.69. The smallest absolute Gasteiger partial charge is 0.119 e. The lowest BCUT2D eigenvalue weighted by Crippen LogP contribution is -2.30. The molecule has 4 aliphatic carbocycles. The fourth-order valence-electron chi connectivity index (χ4n) is 5.79. The molecule has 0 aliphatic heterocycles. The first-order valence-electron chi connectivity index (χ1n) is 7.93. The van der Waals surface area contributed by atoms with E-state index >= 15 is 0 Å². The fraction of sp³-hybridized carbons (Fsp3) is 0.778. The quantitative estimate of drug-likeness (QED) is 0.434. The van der Waals surface area contributed by atoms with Crippen LogP contribution in [0, 0.1) is 53.3 Å². The molecular weight excluding hydrogens is 232 g/mol. The van der Waals surface area contributed by atoms with Crippen molar-refractivity contribution < 1.29 is 5.11 Å². The molecule has 0 saturated heterocycles. The van der Waals surface area contributed by atoms with Gasteiger partial charge in [-0.15, -0.1) is 0 Å². The molecule has 0 aromatic rings. The van der Waals surface area contributed by atoms with Crippen molar-refractivity contribution in [1.29, 1.82) is 0 Å². The summed E-state index contributed by atoms with van der Waals surface area (Å²) >= 11 is 0. The van der Waals surface area contributed by atoms with E-state index in [4.69, 9.17) is 0 Å². The van der Waals surface area contributed by atoms with Gasteiger partial charge in [0.15, 0.2) is 0 Å². The van der Waals surface area contributed by atoms with Crippen molar-refractivity contribution in [2.45, 2.75) is 45.1 Å². The van der Waals surface area contributed by atoms with Crippen molar-refractivity contribution in [1.82, 2.24) is 0 Å². The highest BCUT2D eigenvalue weighted by Gasteiger charge is 2.60. The first kappa shape index (κ1) is 12.0. The zero-order valence-corrected chi connectivity index (χ0v) is 12.0. The molecule has 0 spiro atoms. The molecule has 4 bridgehead atoms. The van der Waals surface area contributed by atoms with Gasteiger partial charge in [-0.05, 0) is 74.5 Å². The molecule has 1 nitrogen and oxygen atoms in total. The van der Waals surface area contributed by atoms with Crippen molar-refractivity contribution in [3.63, 3.8) is 0 Å². The highest BCUT2D eigenvalue weighted by Crippen LogP contribution is 2.67. The highest BCUT2D eigenvalue weighted by atomic mass is 16.3. The third-order valence-electron chi connectivity index (χ3n) is 6.17. The van der Waals surface area contributed by atoms with E-state index in [9.17, 15) is 5.11 Å². The maximum Gasteiger partial charge on any atom is 0.119 e. The number of aliphatic hydroxyl groups is 1. The van der Waals surface area contributed by atoms with Gasteiger partial charge in [-0.2, -0.15) is 0 Å². The molecule has 3 fully saturated rings. The highest BCUT2D eigenvalue weighted by molar-refractivity contribution is 5.21. The molecule has 19 heavy (non-hydrogen) atoms. The minimum Gasteiger partial charge on any atom is -0.378 e. The van der Waals surface area contributed by atoms with E-state index in [-0.39, 0.29) is 0 Å². The van der Waals surface area contributed by atoms with E-state index in [2.05, 4.69) is 24.0 Å². The van der Waals surface area contributed by atoms with Crippen LogP contribution in [0.4, 0.5) is 0 Å². The van der Waals surface area contributed by atoms with Crippen LogP contribution >= 0.6 is 0 Å². The van der Waals surface area contributed by atoms with E-state index in [1.165, 1.54) is 19.3 Å². The van der Waals surface area contributed by atoms with Gasteiger partial charge in [0.1, 0.15) is 5.60 Å². The van der Waals surface area contributed by atoms with Gasteiger partial charge in [0, 0.05) is 6.42 Å². The average molecular weight is 256 g/mol. The molecule has 1 N–H and O–H groups in total. The Morgan fingerprint density at radius 3 is 2.58 bits per heavy atom. The van der Waals surface area contributed by atoms with E-state index in [1.807, 2.05) is 0 Å². The molecule has 0 aromatic heterocycles. The third kappa shape index (κ3) is 1.80. The Bertz CT molecular complexity index is 472. The molecular formula is C18H24O. The maximum absolute atomic E-state index is 9.68. The molecule has 4 rings (SSSR count). The van der Waals surface area contributed by atoms with Crippen molar-refractivity contribution in [3.8, 4) is 11.8 Å². The summed E-state index contributed by atoms with van der Waals surface area (Å²) in [6.45, 7) is 3.55. The number of fused-ring (bicyclic) bond motifs is 9. The normalized spacial score (nSPS) is 49.3. The summed E-state index contributed by atoms with van der Waals surface area (Å²) in [6, 6.07) is 0. The Morgan fingerprint density at radius 1 is 1.11 bits per heavy atom. The van der Waals surface area contributed by atoms with Gasteiger partial charge < -0.3 is 5.11 Å². The summed E-state index contributed by atoms with van der Waals surface area (Å²) in [5, 5.41) is 9.68. The molecule has 0 unspecified atom stereocenters. The maximum atomic E-state index is 9.68.